The summed E-state index contributed by atoms with van der Waals surface area (Å²) in [6.07, 6.45) is 2.03. The minimum Gasteiger partial charge on any atom is -0.497 e. The summed E-state index contributed by atoms with van der Waals surface area (Å²) < 4.78 is 10.9. The van der Waals surface area contributed by atoms with Crippen LogP contribution in [0.2, 0.25) is 10.0 Å². The molecule has 0 unspecified atom stereocenters. The first kappa shape index (κ1) is 26.8. The van der Waals surface area contributed by atoms with Gasteiger partial charge in [-0.15, -0.1) is 0 Å². The molecule has 8 heteroatoms. The number of nitrogens with zero attached hydrogens (tertiary/aromatic N) is 1. The fourth-order valence-corrected chi connectivity index (χ4v) is 3.89. The van der Waals surface area contributed by atoms with E-state index in [1.165, 1.54) is 0 Å². The monoisotopic (exact) mass is 494 g/mol. The topological polar surface area (TPSA) is 67.9 Å². The van der Waals surface area contributed by atoms with Crippen LogP contribution in [0.1, 0.15) is 45.1 Å². The summed E-state index contributed by atoms with van der Waals surface area (Å²) in [6, 6.07) is 11.9. The molecule has 6 nitrogen and oxygen atoms in total. The molecule has 2 amide bonds. The summed E-state index contributed by atoms with van der Waals surface area (Å²) in [5, 5.41) is 3.83. The molecule has 33 heavy (non-hydrogen) atoms. The molecule has 0 heterocycles. The minimum absolute atomic E-state index is 0.150. The third-order valence-corrected chi connectivity index (χ3v) is 5.90. The standard InChI is InChI=1S/C25H32Cl2N2O4/c1-4-15-28-25(31)23(5-2)29(17-20-21(26)8-6-9-22(20)27)24(30)10-7-16-33-19-13-11-18(32-3)12-14-19/h6,8-9,11-14,23H,4-5,7,10,15-17H2,1-3H3,(H,28,31)/t23-/m0/s1. The largest absolute Gasteiger partial charge is 0.497 e. The number of hydrogen-bond acceptors (Lipinski definition) is 4. The van der Waals surface area contributed by atoms with E-state index >= 15 is 0 Å². The molecular formula is C25H32Cl2N2O4. The molecule has 0 aliphatic rings. The lowest BCUT2D eigenvalue weighted by Gasteiger charge is -2.31. The third kappa shape index (κ3) is 8.13. The quantitative estimate of drug-likeness (QED) is 0.373. The van der Waals surface area contributed by atoms with Crippen molar-refractivity contribution >= 4 is 35.0 Å². The average molecular weight is 495 g/mol. The van der Waals surface area contributed by atoms with E-state index in [1.807, 2.05) is 38.1 Å². The van der Waals surface area contributed by atoms with Crippen molar-refractivity contribution in [2.24, 2.45) is 0 Å². The van der Waals surface area contributed by atoms with Crippen LogP contribution in [-0.2, 0) is 16.1 Å². The second-order valence-corrected chi connectivity index (χ2v) is 8.38. The first-order chi connectivity index (χ1) is 15.9. The van der Waals surface area contributed by atoms with Gasteiger partial charge in [0.05, 0.1) is 13.7 Å². The Kier molecular flexibility index (Phi) is 11.3. The molecule has 0 radical (unpaired) electrons. The van der Waals surface area contributed by atoms with Gasteiger partial charge in [-0.05, 0) is 55.7 Å². The van der Waals surface area contributed by atoms with E-state index < -0.39 is 6.04 Å². The average Bonchev–Trinajstić information content (AvgIpc) is 2.82. The Morgan fingerprint density at radius 2 is 1.67 bits per heavy atom. The van der Waals surface area contributed by atoms with Crippen molar-refractivity contribution in [2.45, 2.75) is 52.1 Å². The lowest BCUT2D eigenvalue weighted by molar-refractivity contribution is -0.141. The molecule has 0 aliphatic heterocycles. The van der Waals surface area contributed by atoms with E-state index in [9.17, 15) is 9.59 Å². The number of rotatable bonds is 13. The summed E-state index contributed by atoms with van der Waals surface area (Å²) >= 11 is 12.7. The zero-order valence-corrected chi connectivity index (χ0v) is 20.9. The second kappa shape index (κ2) is 14.0. The SMILES string of the molecule is CCCNC(=O)[C@H](CC)N(Cc1c(Cl)cccc1Cl)C(=O)CCCOc1ccc(OC)cc1. The molecule has 0 fully saturated rings. The number of carbonyl (C=O) groups excluding carboxylic acids is 2. The van der Waals surface area contributed by atoms with Crippen molar-refractivity contribution in [2.75, 3.05) is 20.3 Å². The predicted octanol–water partition coefficient (Wildman–Crippen LogP) is 5.49. The fraction of sp³-hybridized carbons (Fsp3) is 0.440. The van der Waals surface area contributed by atoms with Crippen molar-refractivity contribution in [1.29, 1.82) is 0 Å². The maximum absolute atomic E-state index is 13.2. The third-order valence-electron chi connectivity index (χ3n) is 5.19. The summed E-state index contributed by atoms with van der Waals surface area (Å²) in [6.45, 7) is 4.96. The van der Waals surface area contributed by atoms with E-state index in [4.69, 9.17) is 32.7 Å². The van der Waals surface area contributed by atoms with E-state index in [1.54, 1.807) is 30.2 Å². The van der Waals surface area contributed by atoms with Gasteiger partial charge in [0.2, 0.25) is 11.8 Å². The Morgan fingerprint density at radius 1 is 1.03 bits per heavy atom. The van der Waals surface area contributed by atoms with Gasteiger partial charge in [0, 0.05) is 35.1 Å². The molecule has 1 atom stereocenters. The van der Waals surface area contributed by atoms with E-state index in [2.05, 4.69) is 5.32 Å². The molecule has 0 bridgehead atoms. The number of benzene rings is 2. The van der Waals surface area contributed by atoms with Gasteiger partial charge in [-0.25, -0.2) is 0 Å². The van der Waals surface area contributed by atoms with Crippen molar-refractivity contribution in [3.05, 3.63) is 58.1 Å². The maximum atomic E-state index is 13.2. The lowest BCUT2D eigenvalue weighted by atomic mass is 10.1. The first-order valence-corrected chi connectivity index (χ1v) is 11.9. The van der Waals surface area contributed by atoms with Gasteiger partial charge in [0.25, 0.3) is 0 Å². The molecule has 0 saturated heterocycles. The Balaban J connectivity index is 2.08. The summed E-state index contributed by atoms with van der Waals surface area (Å²) in [4.78, 5) is 27.6. The molecule has 0 saturated carbocycles. The number of ether oxygens (including phenoxy) is 2. The zero-order chi connectivity index (χ0) is 24.2. The predicted molar refractivity (Wildman–Crippen MR) is 132 cm³/mol. The van der Waals surface area contributed by atoms with E-state index in [-0.39, 0.29) is 24.8 Å². The van der Waals surface area contributed by atoms with Gasteiger partial charge in [0.1, 0.15) is 17.5 Å². The Hall–Kier alpha value is -2.44. The lowest BCUT2D eigenvalue weighted by Crippen LogP contribution is -2.49. The van der Waals surface area contributed by atoms with Gasteiger partial charge in [-0.3, -0.25) is 9.59 Å². The summed E-state index contributed by atoms with van der Waals surface area (Å²) in [5.41, 5.74) is 0.630. The van der Waals surface area contributed by atoms with E-state index in [0.717, 1.165) is 12.2 Å². The van der Waals surface area contributed by atoms with Crippen LogP contribution in [0.25, 0.3) is 0 Å². The second-order valence-electron chi connectivity index (χ2n) is 7.56. The van der Waals surface area contributed by atoms with Gasteiger partial charge >= 0.3 is 0 Å². The Labute approximate surface area is 206 Å². The van der Waals surface area contributed by atoms with Gasteiger partial charge in [-0.1, -0.05) is 43.1 Å². The molecule has 2 aromatic rings. The van der Waals surface area contributed by atoms with Crippen molar-refractivity contribution in [1.82, 2.24) is 10.2 Å². The summed E-state index contributed by atoms with van der Waals surface area (Å²) in [7, 11) is 1.61. The highest BCUT2D eigenvalue weighted by molar-refractivity contribution is 6.36. The number of carbonyl (C=O) groups is 2. The first-order valence-electron chi connectivity index (χ1n) is 11.2. The maximum Gasteiger partial charge on any atom is 0.242 e. The van der Waals surface area contributed by atoms with Crippen LogP contribution >= 0.6 is 23.2 Å². The van der Waals surface area contributed by atoms with Gasteiger partial charge < -0.3 is 19.7 Å². The number of nitrogens with one attached hydrogen (secondary N) is 1. The van der Waals surface area contributed by atoms with Crippen LogP contribution in [0.4, 0.5) is 0 Å². The van der Waals surface area contributed by atoms with E-state index in [0.29, 0.717) is 47.4 Å². The Morgan fingerprint density at radius 3 is 2.24 bits per heavy atom. The fourth-order valence-electron chi connectivity index (χ4n) is 3.37. The minimum atomic E-state index is -0.612. The molecule has 0 spiro atoms. The molecule has 0 aliphatic carbocycles. The van der Waals surface area contributed by atoms with Crippen molar-refractivity contribution in [3.63, 3.8) is 0 Å². The van der Waals surface area contributed by atoms with Crippen molar-refractivity contribution in [3.8, 4) is 11.5 Å². The number of halogens is 2. The number of hydrogen-bond donors (Lipinski definition) is 1. The van der Waals surface area contributed by atoms with Crippen LogP contribution in [0, 0.1) is 0 Å². The normalized spacial score (nSPS) is 11.5. The molecule has 0 aromatic heterocycles. The zero-order valence-electron chi connectivity index (χ0n) is 19.4. The molecule has 2 rings (SSSR count). The van der Waals surface area contributed by atoms with Gasteiger partial charge in [0.15, 0.2) is 0 Å². The molecular weight excluding hydrogens is 463 g/mol. The van der Waals surface area contributed by atoms with Crippen LogP contribution in [0.3, 0.4) is 0 Å². The van der Waals surface area contributed by atoms with Crippen LogP contribution in [0.15, 0.2) is 42.5 Å². The van der Waals surface area contributed by atoms with Crippen molar-refractivity contribution < 1.29 is 19.1 Å². The smallest absolute Gasteiger partial charge is 0.242 e. The van der Waals surface area contributed by atoms with Gasteiger partial charge in [-0.2, -0.15) is 0 Å². The highest BCUT2D eigenvalue weighted by Gasteiger charge is 2.29. The van der Waals surface area contributed by atoms with Crippen LogP contribution < -0.4 is 14.8 Å². The molecule has 1 N–H and O–H groups in total. The van der Waals surface area contributed by atoms with Crippen LogP contribution in [-0.4, -0.2) is 43.0 Å². The Bertz CT molecular complexity index is 886. The molecule has 2 aromatic carbocycles. The highest BCUT2D eigenvalue weighted by Crippen LogP contribution is 2.27. The van der Waals surface area contributed by atoms with Crippen LogP contribution in [0.5, 0.6) is 11.5 Å². The highest BCUT2D eigenvalue weighted by atomic mass is 35.5. The number of methoxy groups -OCH3 is 1. The number of amides is 2. The molecule has 180 valence electrons. The summed E-state index contributed by atoms with van der Waals surface area (Å²) in [5.74, 6) is 1.12.